The molecule has 0 amide bonds. The van der Waals surface area contributed by atoms with Crippen molar-refractivity contribution in [1.29, 1.82) is 0 Å². The molecule has 0 saturated carbocycles. The Kier molecular flexibility index (Phi) is 7.72. The standard InChI is InChI=1S/2C18H16O5/c2*1-2-10-8-15(22-17(10)19)21-9-14-13-7-11-5-3-4-6-12(11)16(13)23-18(14)20/h2*3-6,8-9,13,15-16H,2,7H2,1H3/b2*14-9+/t13-,15+,16-;13-,15-,16-/m01/s1. The van der Waals surface area contributed by atoms with Crippen LogP contribution < -0.4 is 0 Å². The van der Waals surface area contributed by atoms with Crippen molar-refractivity contribution in [3.8, 4) is 0 Å². The van der Waals surface area contributed by atoms with Crippen molar-refractivity contribution in [2.45, 2.75) is 64.3 Å². The number of esters is 4. The second kappa shape index (κ2) is 12.0. The lowest BCUT2D eigenvalue weighted by Gasteiger charge is -2.09. The molecule has 2 aromatic rings. The van der Waals surface area contributed by atoms with E-state index in [1.165, 1.54) is 23.7 Å². The van der Waals surface area contributed by atoms with Crippen LogP contribution in [0.5, 0.6) is 0 Å². The Labute approximate surface area is 265 Å². The van der Waals surface area contributed by atoms with E-state index in [2.05, 4.69) is 12.1 Å². The van der Waals surface area contributed by atoms with Gasteiger partial charge in [-0.1, -0.05) is 62.4 Å². The van der Waals surface area contributed by atoms with Gasteiger partial charge in [0.2, 0.25) is 0 Å². The van der Waals surface area contributed by atoms with Crippen molar-refractivity contribution in [2.24, 2.45) is 11.8 Å². The van der Waals surface area contributed by atoms with Gasteiger partial charge in [-0.2, -0.15) is 0 Å². The minimum Gasteiger partial charge on any atom is -0.458 e. The van der Waals surface area contributed by atoms with Crippen molar-refractivity contribution in [2.75, 3.05) is 0 Å². The van der Waals surface area contributed by atoms with Gasteiger partial charge in [0.25, 0.3) is 12.6 Å². The Morgan fingerprint density at radius 1 is 0.609 bits per heavy atom. The fourth-order valence-corrected chi connectivity index (χ4v) is 6.73. The molecular weight excluding hydrogens is 592 g/mol. The van der Waals surface area contributed by atoms with E-state index in [1.54, 1.807) is 12.2 Å². The number of carbonyl (C=O) groups is 4. The van der Waals surface area contributed by atoms with Crippen LogP contribution in [-0.4, -0.2) is 36.5 Å². The van der Waals surface area contributed by atoms with Gasteiger partial charge < -0.3 is 28.4 Å². The maximum atomic E-state index is 12.1. The number of cyclic esters (lactones) is 2. The Hall–Kier alpha value is -5.12. The number of hydrogen-bond acceptors (Lipinski definition) is 10. The second-order valence-electron chi connectivity index (χ2n) is 11.7. The Morgan fingerprint density at radius 3 is 1.41 bits per heavy atom. The smallest absolute Gasteiger partial charge is 0.338 e. The van der Waals surface area contributed by atoms with Gasteiger partial charge >= 0.3 is 23.9 Å². The van der Waals surface area contributed by atoms with Crippen LogP contribution >= 0.6 is 0 Å². The zero-order valence-electron chi connectivity index (χ0n) is 25.3. The van der Waals surface area contributed by atoms with Crippen LogP contribution in [0.4, 0.5) is 0 Å². The van der Waals surface area contributed by atoms with Crippen molar-refractivity contribution in [3.63, 3.8) is 0 Å². The summed E-state index contributed by atoms with van der Waals surface area (Å²) in [7, 11) is 0. The first kappa shape index (κ1) is 29.6. The minimum atomic E-state index is -0.763. The van der Waals surface area contributed by atoms with E-state index in [-0.39, 0.29) is 47.9 Å². The average molecular weight is 625 g/mol. The first-order chi connectivity index (χ1) is 22.3. The molecule has 0 spiro atoms. The monoisotopic (exact) mass is 624 g/mol. The fraction of sp³-hybridized carbons (Fsp3) is 0.333. The number of rotatable bonds is 6. The van der Waals surface area contributed by atoms with E-state index in [0.29, 0.717) is 35.1 Å². The van der Waals surface area contributed by atoms with Gasteiger partial charge in [-0.05, 0) is 47.9 Å². The zero-order valence-corrected chi connectivity index (χ0v) is 25.3. The zero-order chi connectivity index (χ0) is 31.9. The largest absolute Gasteiger partial charge is 0.458 e. The molecule has 6 aliphatic rings. The van der Waals surface area contributed by atoms with Crippen molar-refractivity contribution in [1.82, 2.24) is 0 Å². The van der Waals surface area contributed by atoms with Gasteiger partial charge in [-0.25, -0.2) is 19.2 Å². The molecule has 0 aromatic heterocycles. The molecule has 8 rings (SSSR count). The maximum Gasteiger partial charge on any atom is 0.338 e. The van der Waals surface area contributed by atoms with Gasteiger partial charge in [-0.3, -0.25) is 0 Å². The van der Waals surface area contributed by atoms with Crippen LogP contribution in [0, 0.1) is 11.8 Å². The van der Waals surface area contributed by atoms with E-state index in [9.17, 15) is 19.2 Å². The van der Waals surface area contributed by atoms with E-state index < -0.39 is 12.6 Å². The highest BCUT2D eigenvalue weighted by Crippen LogP contribution is 2.49. The molecule has 2 aromatic carbocycles. The maximum absolute atomic E-state index is 12.1. The lowest BCUT2D eigenvalue weighted by atomic mass is 9.98. The highest BCUT2D eigenvalue weighted by Gasteiger charge is 2.47. The van der Waals surface area contributed by atoms with Gasteiger partial charge in [0.05, 0.1) is 23.7 Å². The van der Waals surface area contributed by atoms with Crippen molar-refractivity contribution >= 4 is 23.9 Å². The van der Waals surface area contributed by atoms with Crippen molar-refractivity contribution in [3.05, 3.63) is 118 Å². The molecule has 0 unspecified atom stereocenters. The summed E-state index contributed by atoms with van der Waals surface area (Å²) in [6.45, 7) is 3.76. The third-order valence-corrected chi connectivity index (χ3v) is 9.14. The van der Waals surface area contributed by atoms with E-state index >= 15 is 0 Å². The molecule has 2 aliphatic carbocycles. The van der Waals surface area contributed by atoms with Gasteiger partial charge in [0, 0.05) is 35.1 Å². The first-order valence-electron chi connectivity index (χ1n) is 15.5. The molecule has 2 saturated heterocycles. The van der Waals surface area contributed by atoms with Crippen LogP contribution in [0.2, 0.25) is 0 Å². The molecule has 46 heavy (non-hydrogen) atoms. The Bertz CT molecular complexity index is 1620. The first-order valence-corrected chi connectivity index (χ1v) is 15.5. The molecule has 2 fully saturated rings. The molecular formula is C36H32O10. The highest BCUT2D eigenvalue weighted by atomic mass is 16.7. The topological polar surface area (TPSA) is 124 Å². The number of carbonyl (C=O) groups excluding carboxylic acids is 4. The van der Waals surface area contributed by atoms with E-state index in [1.807, 2.05) is 50.2 Å². The summed E-state index contributed by atoms with van der Waals surface area (Å²) >= 11 is 0. The molecule has 6 atom stereocenters. The summed E-state index contributed by atoms with van der Waals surface area (Å²) in [4.78, 5) is 47.2. The lowest BCUT2D eigenvalue weighted by Crippen LogP contribution is -2.12. The molecule has 0 radical (unpaired) electrons. The fourth-order valence-electron chi connectivity index (χ4n) is 6.73. The van der Waals surface area contributed by atoms with Crippen LogP contribution in [0.1, 0.15) is 61.2 Å². The van der Waals surface area contributed by atoms with Gasteiger partial charge in [-0.15, -0.1) is 0 Å². The molecule has 10 nitrogen and oxygen atoms in total. The molecule has 0 bridgehead atoms. The summed E-state index contributed by atoms with van der Waals surface area (Å²) in [5.74, 6) is -1.53. The summed E-state index contributed by atoms with van der Waals surface area (Å²) in [6.07, 6.45) is 6.77. The van der Waals surface area contributed by atoms with Gasteiger partial charge in [0.15, 0.2) is 0 Å². The van der Waals surface area contributed by atoms with E-state index in [4.69, 9.17) is 28.4 Å². The lowest BCUT2D eigenvalue weighted by molar-refractivity contribution is -0.153. The highest BCUT2D eigenvalue weighted by molar-refractivity contribution is 5.93. The normalized spacial score (nSPS) is 29.9. The van der Waals surface area contributed by atoms with Crippen LogP contribution in [0.25, 0.3) is 0 Å². The SMILES string of the molecule is CCC1=C[C@H](O/C=C2/C(=O)O[C@@H]3c4ccccc4C[C@H]23)OC1=O.CCC1=C[C@H](O/C=C2/C(=O)O[C@H]3c4ccccc4C[C@@H]23)OC1=O. The number of ether oxygens (including phenoxy) is 6. The van der Waals surface area contributed by atoms with Crippen LogP contribution in [-0.2, 0) is 60.4 Å². The Balaban J connectivity index is 0.000000147. The summed E-state index contributed by atoms with van der Waals surface area (Å²) in [5, 5.41) is 0. The second-order valence-corrected chi connectivity index (χ2v) is 11.7. The van der Waals surface area contributed by atoms with Gasteiger partial charge in [0.1, 0.15) is 12.2 Å². The molecule has 4 aliphatic heterocycles. The number of hydrogen-bond donors (Lipinski definition) is 0. The molecule has 0 N–H and O–H groups in total. The summed E-state index contributed by atoms with van der Waals surface area (Å²) < 4.78 is 32.1. The predicted octanol–water partition coefficient (Wildman–Crippen LogP) is 5.15. The number of benzene rings is 2. The molecule has 4 heterocycles. The number of fused-ring (bicyclic) bond motifs is 6. The minimum absolute atomic E-state index is 0.0355. The summed E-state index contributed by atoms with van der Waals surface area (Å²) in [6, 6.07) is 15.9. The summed E-state index contributed by atoms with van der Waals surface area (Å²) in [5.41, 5.74) is 6.70. The molecule has 236 valence electrons. The molecule has 10 heteroatoms. The third-order valence-electron chi connectivity index (χ3n) is 9.14. The van der Waals surface area contributed by atoms with E-state index in [0.717, 1.165) is 24.0 Å². The van der Waals surface area contributed by atoms with Crippen LogP contribution in [0.3, 0.4) is 0 Å². The Morgan fingerprint density at radius 2 is 1.02 bits per heavy atom. The van der Waals surface area contributed by atoms with Crippen molar-refractivity contribution < 1.29 is 47.6 Å². The quantitative estimate of drug-likeness (QED) is 0.184. The third kappa shape index (κ3) is 5.27. The average Bonchev–Trinajstić information content (AvgIpc) is 3.88. The predicted molar refractivity (Wildman–Crippen MR) is 160 cm³/mol. The van der Waals surface area contributed by atoms with Crippen LogP contribution in [0.15, 0.2) is 95.5 Å².